The van der Waals surface area contributed by atoms with Crippen LogP contribution in [0, 0.1) is 0 Å². The van der Waals surface area contributed by atoms with Gasteiger partial charge in [-0.25, -0.2) is 18.4 Å². The van der Waals surface area contributed by atoms with Gasteiger partial charge >= 0.3 is 0 Å². The van der Waals surface area contributed by atoms with E-state index < -0.39 is 9.84 Å². The summed E-state index contributed by atoms with van der Waals surface area (Å²) < 4.78 is 25.9. The van der Waals surface area contributed by atoms with Gasteiger partial charge in [-0.3, -0.25) is 0 Å². The molecule has 0 aliphatic carbocycles. The lowest BCUT2D eigenvalue weighted by Crippen LogP contribution is -1.97. The first-order valence-corrected chi connectivity index (χ1v) is 11.4. The van der Waals surface area contributed by atoms with Gasteiger partial charge in [-0.2, -0.15) is 0 Å². The summed E-state index contributed by atoms with van der Waals surface area (Å²) in [5.41, 5.74) is 6.36. The van der Waals surface area contributed by atoms with Gasteiger partial charge in [-0.1, -0.05) is 66.7 Å². The van der Waals surface area contributed by atoms with Crippen LogP contribution < -0.4 is 0 Å². The number of benzene rings is 4. The zero-order valence-corrected chi connectivity index (χ0v) is 17.2. The highest BCUT2D eigenvalue weighted by Crippen LogP contribution is 2.45. The van der Waals surface area contributed by atoms with Gasteiger partial charge in [-0.15, -0.1) is 0 Å². The molecule has 148 valence electrons. The molecule has 1 aliphatic rings. The van der Waals surface area contributed by atoms with Gasteiger partial charge in [0.05, 0.1) is 32.2 Å². The number of fused-ring (bicyclic) bond motifs is 4. The largest absolute Gasteiger partial charge is 0.244 e. The first kappa shape index (κ1) is 18.0. The zero-order valence-electron chi connectivity index (χ0n) is 16.4. The fourth-order valence-corrected chi connectivity index (χ4v) is 5.83. The lowest BCUT2D eigenvalue weighted by molar-refractivity contribution is 0.598. The number of aromatic nitrogens is 2. The molecule has 0 saturated heterocycles. The second kappa shape index (κ2) is 6.59. The van der Waals surface area contributed by atoms with Crippen molar-refractivity contribution in [1.82, 2.24) is 9.97 Å². The van der Waals surface area contributed by atoms with Crippen LogP contribution in [0.3, 0.4) is 0 Å². The molecule has 5 aromatic rings. The first-order chi connectivity index (χ1) is 15.1. The van der Waals surface area contributed by atoms with E-state index in [1.807, 2.05) is 78.9 Å². The Kier molecular flexibility index (Phi) is 3.82. The van der Waals surface area contributed by atoms with Crippen molar-refractivity contribution in [2.75, 3.05) is 0 Å². The van der Waals surface area contributed by atoms with Crippen LogP contribution in [0.2, 0.25) is 0 Å². The second-order valence-corrected chi connectivity index (χ2v) is 9.37. The van der Waals surface area contributed by atoms with E-state index in [1.54, 1.807) is 18.2 Å². The molecule has 1 aromatic heterocycles. The average Bonchev–Trinajstić information content (AvgIpc) is 3.05. The van der Waals surface area contributed by atoms with Crippen LogP contribution in [0.1, 0.15) is 0 Å². The monoisotopic (exact) mass is 420 g/mol. The lowest BCUT2D eigenvalue weighted by atomic mass is 9.99. The van der Waals surface area contributed by atoms with Gasteiger partial charge < -0.3 is 0 Å². The molecule has 31 heavy (non-hydrogen) atoms. The highest BCUT2D eigenvalue weighted by atomic mass is 32.2. The normalized spacial score (nSPS) is 13.7. The second-order valence-electron chi connectivity index (χ2n) is 7.49. The Morgan fingerprint density at radius 1 is 0.516 bits per heavy atom. The van der Waals surface area contributed by atoms with Crippen LogP contribution in [-0.4, -0.2) is 18.4 Å². The van der Waals surface area contributed by atoms with Crippen molar-refractivity contribution < 1.29 is 8.42 Å². The molecule has 0 N–H and O–H groups in total. The maximum atomic E-state index is 13.0. The van der Waals surface area contributed by atoms with Crippen molar-refractivity contribution in [1.29, 1.82) is 0 Å². The van der Waals surface area contributed by atoms with E-state index in [0.29, 0.717) is 15.4 Å². The third-order valence-electron chi connectivity index (χ3n) is 5.63. The Labute approximate surface area is 179 Å². The van der Waals surface area contributed by atoms with Crippen molar-refractivity contribution in [3.63, 3.8) is 0 Å². The summed E-state index contributed by atoms with van der Waals surface area (Å²) in [6.07, 6.45) is 0. The van der Waals surface area contributed by atoms with Crippen molar-refractivity contribution in [2.45, 2.75) is 9.79 Å². The van der Waals surface area contributed by atoms with Crippen molar-refractivity contribution in [3.05, 3.63) is 97.1 Å². The molecule has 0 amide bonds. The summed E-state index contributed by atoms with van der Waals surface area (Å²) in [5.74, 6) is 0. The van der Waals surface area contributed by atoms with Crippen LogP contribution in [-0.2, 0) is 9.84 Å². The van der Waals surface area contributed by atoms with Gasteiger partial charge in [0.15, 0.2) is 0 Å². The van der Waals surface area contributed by atoms with Crippen molar-refractivity contribution in [2.24, 2.45) is 0 Å². The van der Waals surface area contributed by atoms with Gasteiger partial charge in [0, 0.05) is 22.3 Å². The smallest absolute Gasteiger partial charge is 0.207 e. The van der Waals surface area contributed by atoms with Crippen molar-refractivity contribution in [3.8, 4) is 33.6 Å². The molecule has 0 bridgehead atoms. The summed E-state index contributed by atoms with van der Waals surface area (Å²) in [4.78, 5) is 10.5. The fraction of sp³-hybridized carbons (Fsp3) is 0. The summed E-state index contributed by atoms with van der Waals surface area (Å²) in [7, 11) is -3.50. The number of rotatable bonds is 2. The predicted molar refractivity (Wildman–Crippen MR) is 121 cm³/mol. The predicted octanol–water partition coefficient (Wildman–Crippen LogP) is 5.78. The standard InChI is InChI=1S/C26H16N2O2S/c29-31(30)23-13-7-4-10-19(23)20-16-18(14-15-24(20)31)26-25(17-8-2-1-3-9-17)27-21-11-5-6-12-22(21)28-26/h1-16H. The number of nitrogens with zero attached hydrogens (tertiary/aromatic N) is 2. The van der Waals surface area contributed by atoms with E-state index in [1.165, 1.54) is 0 Å². The SMILES string of the molecule is O=S1(=O)c2ccccc2-c2cc(-c3nc4ccccc4nc3-c3ccccc3)ccc21. The highest BCUT2D eigenvalue weighted by Gasteiger charge is 2.32. The van der Waals surface area contributed by atoms with Crippen LogP contribution in [0.15, 0.2) is 107 Å². The summed E-state index contributed by atoms with van der Waals surface area (Å²) in [6, 6.07) is 30.3. The Hall–Kier alpha value is -3.83. The van der Waals surface area contributed by atoms with Gasteiger partial charge in [0.25, 0.3) is 0 Å². The van der Waals surface area contributed by atoms with E-state index >= 15 is 0 Å². The molecule has 6 rings (SSSR count). The topological polar surface area (TPSA) is 59.9 Å². The molecular weight excluding hydrogens is 404 g/mol. The lowest BCUT2D eigenvalue weighted by Gasteiger charge is -2.11. The molecule has 2 heterocycles. The number of sulfone groups is 1. The average molecular weight is 420 g/mol. The Morgan fingerprint density at radius 3 is 1.84 bits per heavy atom. The quantitative estimate of drug-likeness (QED) is 0.356. The molecule has 4 aromatic carbocycles. The molecule has 0 spiro atoms. The molecule has 0 fully saturated rings. The van der Waals surface area contributed by atoms with E-state index in [-0.39, 0.29) is 0 Å². The van der Waals surface area contributed by atoms with Gasteiger partial charge in [0.1, 0.15) is 0 Å². The van der Waals surface area contributed by atoms with E-state index in [4.69, 9.17) is 9.97 Å². The highest BCUT2D eigenvalue weighted by molar-refractivity contribution is 7.92. The molecular formula is C26H16N2O2S. The van der Waals surface area contributed by atoms with Crippen LogP contribution in [0.5, 0.6) is 0 Å². The molecule has 0 saturated carbocycles. The first-order valence-electron chi connectivity index (χ1n) is 9.94. The Morgan fingerprint density at radius 2 is 1.10 bits per heavy atom. The summed E-state index contributed by atoms with van der Waals surface area (Å²) in [5, 5.41) is 0. The number of hydrogen-bond acceptors (Lipinski definition) is 4. The van der Waals surface area contributed by atoms with Crippen LogP contribution >= 0.6 is 0 Å². The molecule has 1 aliphatic heterocycles. The molecule has 0 radical (unpaired) electrons. The minimum atomic E-state index is -3.50. The Bertz CT molecular complexity index is 1590. The van der Waals surface area contributed by atoms with Gasteiger partial charge in [0.2, 0.25) is 9.84 Å². The zero-order chi connectivity index (χ0) is 21.0. The van der Waals surface area contributed by atoms with Crippen LogP contribution in [0.4, 0.5) is 0 Å². The van der Waals surface area contributed by atoms with E-state index in [2.05, 4.69) is 0 Å². The van der Waals surface area contributed by atoms with E-state index in [9.17, 15) is 8.42 Å². The Balaban J connectivity index is 1.64. The molecule has 5 heteroatoms. The van der Waals surface area contributed by atoms with Gasteiger partial charge in [-0.05, 0) is 30.3 Å². The third kappa shape index (κ3) is 2.71. The molecule has 0 unspecified atom stereocenters. The number of hydrogen-bond donors (Lipinski definition) is 0. The maximum Gasteiger partial charge on any atom is 0.207 e. The third-order valence-corrected chi connectivity index (χ3v) is 7.50. The minimum Gasteiger partial charge on any atom is -0.244 e. The van der Waals surface area contributed by atoms with E-state index in [0.717, 1.165) is 39.1 Å². The number of para-hydroxylation sites is 2. The fourth-order valence-electron chi connectivity index (χ4n) is 4.16. The summed E-state index contributed by atoms with van der Waals surface area (Å²) in [6.45, 7) is 0. The summed E-state index contributed by atoms with van der Waals surface area (Å²) >= 11 is 0. The minimum absolute atomic E-state index is 0.340. The molecule has 4 nitrogen and oxygen atoms in total. The van der Waals surface area contributed by atoms with Crippen molar-refractivity contribution >= 4 is 20.9 Å². The molecule has 0 atom stereocenters. The maximum absolute atomic E-state index is 13.0. The van der Waals surface area contributed by atoms with Crippen LogP contribution in [0.25, 0.3) is 44.7 Å².